The van der Waals surface area contributed by atoms with Crippen molar-refractivity contribution in [3.05, 3.63) is 11.6 Å². The number of hydrogen-bond donors (Lipinski definition) is 0. The summed E-state index contributed by atoms with van der Waals surface area (Å²) in [7, 11) is 0. The van der Waals surface area contributed by atoms with Crippen LogP contribution in [-0.2, 0) is 9.63 Å². The molecule has 3 heteroatoms. The van der Waals surface area contributed by atoms with Gasteiger partial charge in [0.2, 0.25) is 0 Å². The van der Waals surface area contributed by atoms with Gasteiger partial charge in [-0.15, -0.1) is 5.06 Å². The predicted molar refractivity (Wildman–Crippen MR) is 57.7 cm³/mol. The summed E-state index contributed by atoms with van der Waals surface area (Å²) in [5, 5.41) is 1.64. The van der Waals surface area contributed by atoms with Crippen molar-refractivity contribution >= 4 is 5.97 Å². The van der Waals surface area contributed by atoms with E-state index in [1.54, 1.807) is 12.0 Å². The highest BCUT2D eigenvalue weighted by Gasteiger charge is 2.09. The van der Waals surface area contributed by atoms with Crippen LogP contribution in [-0.4, -0.2) is 24.1 Å². The monoisotopic (exact) mass is 199 g/mol. The first-order valence-electron chi connectivity index (χ1n) is 5.29. The molecule has 0 unspecified atom stereocenters. The molecular weight excluding hydrogens is 178 g/mol. The van der Waals surface area contributed by atoms with E-state index in [9.17, 15) is 4.79 Å². The lowest BCUT2D eigenvalue weighted by molar-refractivity contribution is -0.183. The summed E-state index contributed by atoms with van der Waals surface area (Å²) in [6.07, 6.45) is 3.90. The highest BCUT2D eigenvalue weighted by Crippen LogP contribution is 2.02. The Balaban J connectivity index is 4.05. The van der Waals surface area contributed by atoms with E-state index in [4.69, 9.17) is 4.84 Å². The van der Waals surface area contributed by atoms with Crippen LogP contribution in [0.15, 0.2) is 11.6 Å². The summed E-state index contributed by atoms with van der Waals surface area (Å²) in [5.74, 6) is -0.234. The van der Waals surface area contributed by atoms with Crippen molar-refractivity contribution in [2.24, 2.45) is 0 Å². The topological polar surface area (TPSA) is 29.5 Å². The molecule has 0 atom stereocenters. The quantitative estimate of drug-likeness (QED) is 0.486. The Labute approximate surface area is 86.7 Å². The first-order chi connectivity index (χ1) is 6.65. The van der Waals surface area contributed by atoms with Gasteiger partial charge in [-0.2, -0.15) is 0 Å². The van der Waals surface area contributed by atoms with Gasteiger partial charge in [0.1, 0.15) is 0 Å². The molecule has 0 amide bonds. The van der Waals surface area contributed by atoms with E-state index in [0.717, 1.165) is 25.9 Å². The molecule has 0 fully saturated rings. The van der Waals surface area contributed by atoms with Crippen molar-refractivity contribution in [2.45, 2.75) is 40.5 Å². The molecule has 0 bridgehead atoms. The minimum Gasteiger partial charge on any atom is -0.364 e. The van der Waals surface area contributed by atoms with Gasteiger partial charge < -0.3 is 4.84 Å². The Morgan fingerprint density at radius 2 is 1.86 bits per heavy atom. The minimum atomic E-state index is -0.234. The lowest BCUT2D eigenvalue weighted by Crippen LogP contribution is -2.27. The van der Waals surface area contributed by atoms with Crippen molar-refractivity contribution < 1.29 is 9.63 Å². The normalized spacial score (nSPS) is 11.9. The molecule has 0 saturated carbocycles. The zero-order valence-electron chi connectivity index (χ0n) is 9.67. The van der Waals surface area contributed by atoms with E-state index in [1.165, 1.54) is 0 Å². The van der Waals surface area contributed by atoms with Gasteiger partial charge in [-0.05, 0) is 27.2 Å². The second kappa shape index (κ2) is 7.56. The Morgan fingerprint density at radius 3 is 2.29 bits per heavy atom. The zero-order chi connectivity index (χ0) is 11.0. The fraction of sp³-hybridized carbons (Fsp3) is 0.727. The van der Waals surface area contributed by atoms with E-state index >= 15 is 0 Å². The highest BCUT2D eigenvalue weighted by molar-refractivity contribution is 5.87. The first-order valence-corrected chi connectivity index (χ1v) is 5.29. The second-order valence-electron chi connectivity index (χ2n) is 3.17. The number of hydroxylamine groups is 2. The van der Waals surface area contributed by atoms with Crippen LogP contribution in [0, 0.1) is 0 Å². The van der Waals surface area contributed by atoms with E-state index < -0.39 is 0 Å². The number of carbonyl (C=O) groups excluding carboxylic acids is 1. The largest absolute Gasteiger partial charge is 0.364 e. The van der Waals surface area contributed by atoms with Gasteiger partial charge in [0.25, 0.3) is 0 Å². The maximum absolute atomic E-state index is 11.4. The summed E-state index contributed by atoms with van der Waals surface area (Å²) < 4.78 is 0. The van der Waals surface area contributed by atoms with Gasteiger partial charge in [-0.25, -0.2) is 4.79 Å². The molecular formula is C11H21NO2. The van der Waals surface area contributed by atoms with Crippen LogP contribution >= 0.6 is 0 Å². The van der Waals surface area contributed by atoms with Crippen LogP contribution in [0.3, 0.4) is 0 Å². The third-order valence-electron chi connectivity index (χ3n) is 1.98. The molecule has 82 valence electrons. The molecule has 3 nitrogen and oxygen atoms in total. The fourth-order valence-corrected chi connectivity index (χ4v) is 0.986. The summed E-state index contributed by atoms with van der Waals surface area (Å²) in [6.45, 7) is 9.25. The number of carbonyl (C=O) groups is 1. The van der Waals surface area contributed by atoms with Gasteiger partial charge in [-0.1, -0.05) is 19.4 Å². The van der Waals surface area contributed by atoms with Gasteiger partial charge in [0.15, 0.2) is 0 Å². The van der Waals surface area contributed by atoms with Crippen LogP contribution < -0.4 is 0 Å². The lowest BCUT2D eigenvalue weighted by atomic mass is 10.2. The first kappa shape index (κ1) is 13.2. The zero-order valence-corrected chi connectivity index (χ0v) is 9.67. The number of hydrogen-bond acceptors (Lipinski definition) is 3. The molecule has 0 heterocycles. The summed E-state index contributed by atoms with van der Waals surface area (Å²) in [6, 6.07) is 0. The minimum absolute atomic E-state index is 0.234. The van der Waals surface area contributed by atoms with Gasteiger partial charge in [0.05, 0.1) is 0 Å². The van der Waals surface area contributed by atoms with Gasteiger partial charge >= 0.3 is 5.97 Å². The highest BCUT2D eigenvalue weighted by atomic mass is 16.7. The van der Waals surface area contributed by atoms with Crippen molar-refractivity contribution in [1.29, 1.82) is 0 Å². The third-order valence-corrected chi connectivity index (χ3v) is 1.98. The molecule has 0 aromatic rings. The maximum Gasteiger partial charge on any atom is 0.352 e. The summed E-state index contributed by atoms with van der Waals surface area (Å²) in [5.41, 5.74) is 0.693. The molecule has 0 aromatic heterocycles. The average Bonchev–Trinajstić information content (AvgIpc) is 2.21. The van der Waals surface area contributed by atoms with Crippen molar-refractivity contribution in [1.82, 2.24) is 5.06 Å². The maximum atomic E-state index is 11.4. The van der Waals surface area contributed by atoms with Crippen LogP contribution in [0.2, 0.25) is 0 Å². The van der Waals surface area contributed by atoms with Crippen LogP contribution in [0.4, 0.5) is 0 Å². The molecule has 14 heavy (non-hydrogen) atoms. The molecule has 0 aromatic carbocycles. The molecule has 0 N–H and O–H groups in total. The molecule has 0 rings (SSSR count). The van der Waals surface area contributed by atoms with Crippen LogP contribution in [0.5, 0.6) is 0 Å². The smallest absolute Gasteiger partial charge is 0.352 e. The van der Waals surface area contributed by atoms with Crippen molar-refractivity contribution in [3.63, 3.8) is 0 Å². The van der Waals surface area contributed by atoms with Crippen molar-refractivity contribution in [3.8, 4) is 0 Å². The molecule has 0 aliphatic rings. The summed E-state index contributed by atoms with van der Waals surface area (Å²) >= 11 is 0. The Morgan fingerprint density at radius 1 is 1.29 bits per heavy atom. The number of unbranched alkanes of at least 4 members (excludes halogenated alkanes) is 1. The molecule has 0 radical (unpaired) electrons. The predicted octanol–water partition coefficient (Wildman–Crippen LogP) is 2.53. The number of nitrogens with zero attached hydrogens (tertiary/aromatic N) is 1. The third kappa shape index (κ3) is 5.02. The van der Waals surface area contributed by atoms with E-state index in [0.29, 0.717) is 5.57 Å². The fourth-order valence-electron chi connectivity index (χ4n) is 0.986. The lowest BCUT2D eigenvalue weighted by Gasteiger charge is -2.17. The molecule has 0 aliphatic carbocycles. The Bertz CT molecular complexity index is 195. The van der Waals surface area contributed by atoms with E-state index in [2.05, 4.69) is 6.92 Å². The Hall–Kier alpha value is -0.830. The second-order valence-corrected chi connectivity index (χ2v) is 3.17. The van der Waals surface area contributed by atoms with Gasteiger partial charge in [-0.3, -0.25) is 0 Å². The average molecular weight is 199 g/mol. The number of allylic oxidation sites excluding steroid dienone is 1. The molecule has 0 aliphatic heterocycles. The summed E-state index contributed by atoms with van der Waals surface area (Å²) in [4.78, 5) is 16.6. The molecule has 0 saturated heterocycles. The van der Waals surface area contributed by atoms with E-state index in [1.807, 2.05) is 19.9 Å². The SMILES string of the molecule is CCCC=C(C)C(=O)ON(CC)CC. The van der Waals surface area contributed by atoms with Crippen LogP contribution in [0.25, 0.3) is 0 Å². The standard InChI is InChI=1S/C11H21NO2/c1-5-8-9-10(4)11(13)14-12(6-2)7-3/h9H,5-8H2,1-4H3. The molecule has 0 spiro atoms. The Kier molecular flexibility index (Phi) is 7.11. The van der Waals surface area contributed by atoms with E-state index in [-0.39, 0.29) is 5.97 Å². The van der Waals surface area contributed by atoms with Gasteiger partial charge in [0, 0.05) is 18.7 Å². The van der Waals surface area contributed by atoms with Crippen molar-refractivity contribution in [2.75, 3.05) is 13.1 Å². The van der Waals surface area contributed by atoms with Crippen LogP contribution in [0.1, 0.15) is 40.5 Å². The number of rotatable bonds is 6.